The number of anilines is 1. The van der Waals surface area contributed by atoms with Crippen LogP contribution in [-0.2, 0) is 16.0 Å². The predicted molar refractivity (Wildman–Crippen MR) is 155 cm³/mol. The van der Waals surface area contributed by atoms with Crippen LogP contribution in [0.15, 0.2) is 30.3 Å². The summed E-state index contributed by atoms with van der Waals surface area (Å²) in [5.41, 5.74) is 5.73. The Balaban J connectivity index is 0.000000208. The molecule has 0 saturated heterocycles. The van der Waals surface area contributed by atoms with Gasteiger partial charge in [-0.25, -0.2) is 0 Å². The number of nitrogen functional groups attached to an aromatic ring is 1. The van der Waals surface area contributed by atoms with E-state index in [9.17, 15) is 14.4 Å². The lowest BCUT2D eigenvalue weighted by molar-refractivity contribution is -0.136. The Morgan fingerprint density at radius 2 is 1.27 bits per heavy atom. The monoisotopic (exact) mass is 605 g/mol. The second-order valence-electron chi connectivity index (χ2n) is 8.59. The van der Waals surface area contributed by atoms with Crippen LogP contribution in [0.4, 0.5) is 5.69 Å². The van der Waals surface area contributed by atoms with Gasteiger partial charge in [0.2, 0.25) is 0 Å². The molecule has 2 aromatic carbocycles. The van der Waals surface area contributed by atoms with E-state index in [1.807, 2.05) is 6.07 Å². The minimum Gasteiger partial charge on any atom is -0.351 e. The van der Waals surface area contributed by atoms with Crippen molar-refractivity contribution in [2.24, 2.45) is 5.84 Å². The third kappa shape index (κ3) is 8.60. The molecule has 1 saturated carbocycles. The van der Waals surface area contributed by atoms with Gasteiger partial charge in [-0.2, -0.15) is 0 Å². The molecule has 0 aliphatic heterocycles. The SMILES string of the molecule is Cl.NNc1ccc(Cl)cc1Cl.O=C1CCCCCC1=O.O=C1CCCCc2c1[nH]c1c(Cl)cc(Cl)cc21. The van der Waals surface area contributed by atoms with E-state index in [1.54, 1.807) is 24.3 Å². The summed E-state index contributed by atoms with van der Waals surface area (Å²) >= 11 is 23.5. The molecular weight excluding hydrogens is 580 g/mol. The van der Waals surface area contributed by atoms with E-state index in [1.165, 1.54) is 0 Å². The third-order valence-electron chi connectivity index (χ3n) is 6.00. The highest BCUT2D eigenvalue weighted by Crippen LogP contribution is 2.34. The van der Waals surface area contributed by atoms with Gasteiger partial charge in [-0.15, -0.1) is 12.4 Å². The number of Topliss-reactive ketones (excluding diaryl/α,β-unsaturated/α-hetero) is 3. The summed E-state index contributed by atoms with van der Waals surface area (Å²) in [5, 5.41) is 3.31. The van der Waals surface area contributed by atoms with Crippen LogP contribution < -0.4 is 11.3 Å². The first-order valence-electron chi connectivity index (χ1n) is 11.7. The van der Waals surface area contributed by atoms with Gasteiger partial charge in [-0.1, -0.05) is 52.8 Å². The second kappa shape index (κ2) is 15.0. The zero-order valence-corrected chi connectivity index (χ0v) is 23.8. The van der Waals surface area contributed by atoms with Gasteiger partial charge in [0.25, 0.3) is 0 Å². The molecule has 3 aromatic rings. The number of rotatable bonds is 1. The molecule has 0 spiro atoms. The van der Waals surface area contributed by atoms with Gasteiger partial charge in [-0.3, -0.25) is 20.2 Å². The number of aromatic amines is 1. The summed E-state index contributed by atoms with van der Waals surface area (Å²) in [6.45, 7) is 0. The lowest BCUT2D eigenvalue weighted by Crippen LogP contribution is -2.09. The molecule has 200 valence electrons. The Labute approximate surface area is 241 Å². The summed E-state index contributed by atoms with van der Waals surface area (Å²) in [6.07, 6.45) is 7.35. The van der Waals surface area contributed by atoms with Crippen molar-refractivity contribution in [3.05, 3.63) is 61.7 Å². The molecule has 2 aliphatic rings. The first kappa shape index (κ1) is 31.4. The van der Waals surface area contributed by atoms with Crippen LogP contribution in [0, 0.1) is 0 Å². The number of hydrogen-bond donors (Lipinski definition) is 3. The second-order valence-corrected chi connectivity index (χ2v) is 10.3. The number of aryl methyl sites for hydroxylation is 1. The van der Waals surface area contributed by atoms with E-state index >= 15 is 0 Å². The quantitative estimate of drug-likeness (QED) is 0.0851. The molecule has 4 N–H and O–H groups in total. The van der Waals surface area contributed by atoms with Crippen molar-refractivity contribution in [2.75, 3.05) is 5.43 Å². The number of H-pyrrole nitrogens is 1. The van der Waals surface area contributed by atoms with Gasteiger partial charge >= 0.3 is 0 Å². The van der Waals surface area contributed by atoms with Gasteiger partial charge < -0.3 is 10.4 Å². The van der Waals surface area contributed by atoms with Gasteiger partial charge in [0.1, 0.15) is 0 Å². The number of halogens is 5. The number of hydrazine groups is 1. The largest absolute Gasteiger partial charge is 0.351 e. The molecule has 1 aromatic heterocycles. The highest BCUT2D eigenvalue weighted by molar-refractivity contribution is 6.39. The minimum atomic E-state index is -0.160. The van der Waals surface area contributed by atoms with E-state index in [0.717, 1.165) is 60.7 Å². The fourth-order valence-corrected chi connectivity index (χ4v) is 5.12. The average molecular weight is 608 g/mol. The van der Waals surface area contributed by atoms with Crippen molar-refractivity contribution in [1.82, 2.24) is 4.98 Å². The number of hydrogen-bond acceptors (Lipinski definition) is 5. The number of nitrogens with one attached hydrogen (secondary N) is 2. The van der Waals surface area contributed by atoms with E-state index in [0.29, 0.717) is 45.0 Å². The van der Waals surface area contributed by atoms with Crippen molar-refractivity contribution in [3.63, 3.8) is 0 Å². The van der Waals surface area contributed by atoms with Crippen molar-refractivity contribution >= 4 is 92.8 Å². The molecule has 0 amide bonds. The predicted octanol–water partition coefficient (Wildman–Crippen LogP) is 8.17. The Morgan fingerprint density at radius 3 is 1.89 bits per heavy atom. The molecule has 6 nitrogen and oxygen atoms in total. The fourth-order valence-electron chi connectivity index (χ4n) is 4.12. The van der Waals surface area contributed by atoms with Crippen molar-refractivity contribution < 1.29 is 14.4 Å². The Hall–Kier alpha value is -1.80. The Bertz CT molecular complexity index is 1260. The number of fused-ring (bicyclic) bond motifs is 3. The Kier molecular flexibility index (Phi) is 12.7. The summed E-state index contributed by atoms with van der Waals surface area (Å²) in [5.74, 6) is 4.99. The molecule has 0 radical (unpaired) electrons. The van der Waals surface area contributed by atoms with Crippen LogP contribution in [0.2, 0.25) is 20.1 Å². The molecule has 5 rings (SSSR count). The summed E-state index contributed by atoms with van der Waals surface area (Å²) in [7, 11) is 0. The van der Waals surface area contributed by atoms with Crippen molar-refractivity contribution in [3.8, 4) is 0 Å². The van der Waals surface area contributed by atoms with Gasteiger partial charge in [-0.05, 0) is 68.0 Å². The van der Waals surface area contributed by atoms with Gasteiger partial charge in [0.05, 0.1) is 26.9 Å². The van der Waals surface area contributed by atoms with E-state index < -0.39 is 0 Å². The third-order valence-corrected chi connectivity index (χ3v) is 7.06. The summed E-state index contributed by atoms with van der Waals surface area (Å²) in [4.78, 5) is 36.5. The molecule has 37 heavy (non-hydrogen) atoms. The summed E-state index contributed by atoms with van der Waals surface area (Å²) in [6, 6.07) is 8.63. The van der Waals surface area contributed by atoms with Crippen LogP contribution in [-0.4, -0.2) is 22.3 Å². The molecule has 11 heteroatoms. The van der Waals surface area contributed by atoms with Crippen molar-refractivity contribution in [2.45, 2.75) is 57.8 Å². The van der Waals surface area contributed by atoms with Crippen LogP contribution in [0.1, 0.15) is 67.4 Å². The van der Waals surface area contributed by atoms with Crippen molar-refractivity contribution in [1.29, 1.82) is 0 Å². The molecule has 1 heterocycles. The first-order chi connectivity index (χ1) is 17.2. The van der Waals surface area contributed by atoms with Crippen LogP contribution in [0.25, 0.3) is 10.9 Å². The number of ketones is 3. The van der Waals surface area contributed by atoms with Gasteiger partial charge in [0, 0.05) is 34.7 Å². The number of carbonyl (C=O) groups is 3. The standard InChI is InChI=1S/C13H11Cl2NO.C7H10O2.C6H6Cl2N2.ClH/c14-7-5-9-8-3-1-2-4-11(17)13(8)16-12(9)10(15)6-7;8-6-4-2-1-3-5-7(6)9;7-4-1-2-6(10-9)5(8)3-4;/h5-6,16H,1-4H2;1-5H2;1-3,10H,9H2;1H. The normalized spacial score (nSPS) is 15.2. The fraction of sp³-hybridized carbons (Fsp3) is 0.346. The minimum absolute atomic E-state index is 0. The van der Waals surface area contributed by atoms with Crippen LogP contribution >= 0.6 is 58.8 Å². The average Bonchev–Trinajstić information content (AvgIpc) is 2.95. The van der Waals surface area contributed by atoms with Crippen LogP contribution in [0.3, 0.4) is 0 Å². The number of nitrogens with two attached hydrogens (primary N) is 1. The van der Waals surface area contributed by atoms with Crippen LogP contribution in [0.5, 0.6) is 0 Å². The molecular formula is C26H28Cl5N3O3. The van der Waals surface area contributed by atoms with E-state index in [-0.39, 0.29) is 29.8 Å². The first-order valence-corrected chi connectivity index (χ1v) is 13.2. The van der Waals surface area contributed by atoms with E-state index in [4.69, 9.17) is 52.2 Å². The number of aromatic nitrogens is 1. The number of benzene rings is 2. The highest BCUT2D eigenvalue weighted by Gasteiger charge is 2.21. The maximum absolute atomic E-state index is 12.0. The van der Waals surface area contributed by atoms with E-state index in [2.05, 4.69) is 10.4 Å². The lowest BCUT2D eigenvalue weighted by Gasteiger charge is -2.01. The zero-order chi connectivity index (χ0) is 26.2. The molecule has 1 fully saturated rings. The molecule has 0 unspecified atom stereocenters. The molecule has 2 aliphatic carbocycles. The van der Waals surface area contributed by atoms with Gasteiger partial charge in [0.15, 0.2) is 17.3 Å². The maximum Gasteiger partial charge on any atom is 0.198 e. The maximum atomic E-state index is 12.0. The Morgan fingerprint density at radius 1 is 0.703 bits per heavy atom. The smallest absolute Gasteiger partial charge is 0.198 e. The number of carbonyl (C=O) groups excluding carboxylic acids is 3. The summed E-state index contributed by atoms with van der Waals surface area (Å²) < 4.78 is 0. The lowest BCUT2D eigenvalue weighted by atomic mass is 10.1. The highest BCUT2D eigenvalue weighted by atomic mass is 35.5. The topological polar surface area (TPSA) is 105 Å². The zero-order valence-electron chi connectivity index (χ0n) is 20.0. The molecule has 0 bridgehead atoms. The molecule has 0 atom stereocenters.